The zero-order valence-electron chi connectivity index (χ0n) is 5.79. The van der Waals surface area contributed by atoms with E-state index in [1.165, 1.54) is 0 Å². The Kier molecular flexibility index (Phi) is 1.47. The highest BCUT2D eigenvalue weighted by molar-refractivity contribution is 5.10. The minimum atomic E-state index is 0.513. The van der Waals surface area contributed by atoms with Crippen molar-refractivity contribution in [3.05, 3.63) is 24.5 Å². The van der Waals surface area contributed by atoms with E-state index in [0.29, 0.717) is 12.0 Å². The first kappa shape index (κ1) is 5.98. The van der Waals surface area contributed by atoms with E-state index in [9.17, 15) is 0 Å². The van der Waals surface area contributed by atoms with E-state index in [0.717, 1.165) is 13.2 Å². The van der Waals surface area contributed by atoms with Gasteiger partial charge in [0, 0.05) is 18.5 Å². The number of nitrogens with one attached hydrogen (secondary N) is 1. The molecule has 0 aromatic carbocycles. The first-order valence-corrected chi connectivity index (χ1v) is 3.65. The van der Waals surface area contributed by atoms with Crippen LogP contribution in [-0.2, 0) is 4.74 Å². The molecule has 0 amide bonds. The van der Waals surface area contributed by atoms with Crippen LogP contribution in [0.5, 0.6) is 0 Å². The molecule has 0 radical (unpaired) electrons. The SMILES string of the molecule is C1=CC(C2C=COC2)NC1. The monoisotopic (exact) mass is 137 g/mol. The van der Waals surface area contributed by atoms with E-state index in [4.69, 9.17) is 4.74 Å². The number of hydrogen-bond donors (Lipinski definition) is 1. The largest absolute Gasteiger partial charge is 0.501 e. The zero-order chi connectivity index (χ0) is 6.81. The molecule has 0 aromatic rings. The molecular weight excluding hydrogens is 126 g/mol. The van der Waals surface area contributed by atoms with Gasteiger partial charge in [0.25, 0.3) is 0 Å². The van der Waals surface area contributed by atoms with Crippen LogP contribution in [0.25, 0.3) is 0 Å². The van der Waals surface area contributed by atoms with Gasteiger partial charge < -0.3 is 10.1 Å². The molecule has 2 rings (SSSR count). The van der Waals surface area contributed by atoms with Crippen LogP contribution in [0.4, 0.5) is 0 Å². The molecule has 2 aliphatic rings. The van der Waals surface area contributed by atoms with E-state index in [-0.39, 0.29) is 0 Å². The predicted molar refractivity (Wildman–Crippen MR) is 39.5 cm³/mol. The van der Waals surface area contributed by atoms with E-state index < -0.39 is 0 Å². The second-order valence-corrected chi connectivity index (χ2v) is 2.69. The van der Waals surface area contributed by atoms with E-state index in [1.54, 1.807) is 6.26 Å². The van der Waals surface area contributed by atoms with Crippen LogP contribution in [0.15, 0.2) is 24.5 Å². The molecule has 2 unspecified atom stereocenters. The van der Waals surface area contributed by atoms with Gasteiger partial charge >= 0.3 is 0 Å². The molecule has 2 heterocycles. The van der Waals surface area contributed by atoms with Crippen LogP contribution < -0.4 is 5.32 Å². The first-order valence-electron chi connectivity index (χ1n) is 3.65. The standard InChI is InChI=1S/C8H11NO/c1-2-8(9-4-1)7-3-5-10-6-7/h1-3,5,7-9H,4,6H2. The molecule has 0 saturated heterocycles. The van der Waals surface area contributed by atoms with Crippen LogP contribution >= 0.6 is 0 Å². The maximum atomic E-state index is 5.12. The van der Waals surface area contributed by atoms with E-state index in [1.807, 2.05) is 0 Å². The molecule has 0 bridgehead atoms. The van der Waals surface area contributed by atoms with Gasteiger partial charge in [0.15, 0.2) is 0 Å². The fourth-order valence-electron chi connectivity index (χ4n) is 1.38. The molecular formula is C8H11NO. The fraction of sp³-hybridized carbons (Fsp3) is 0.500. The molecule has 1 N–H and O–H groups in total. The summed E-state index contributed by atoms with van der Waals surface area (Å²) >= 11 is 0. The molecule has 54 valence electrons. The van der Waals surface area contributed by atoms with Gasteiger partial charge in [0.1, 0.15) is 0 Å². The normalized spacial score (nSPS) is 36.8. The lowest BCUT2D eigenvalue weighted by atomic mass is 10.0. The third-order valence-corrected chi connectivity index (χ3v) is 1.99. The summed E-state index contributed by atoms with van der Waals surface area (Å²) in [4.78, 5) is 0. The summed E-state index contributed by atoms with van der Waals surface area (Å²) in [7, 11) is 0. The molecule has 2 nitrogen and oxygen atoms in total. The highest BCUT2D eigenvalue weighted by Gasteiger charge is 2.21. The number of hydrogen-bond acceptors (Lipinski definition) is 2. The fourth-order valence-corrected chi connectivity index (χ4v) is 1.38. The van der Waals surface area contributed by atoms with Crippen LogP contribution in [-0.4, -0.2) is 19.2 Å². The van der Waals surface area contributed by atoms with Gasteiger partial charge in [-0.15, -0.1) is 0 Å². The maximum Gasteiger partial charge on any atom is 0.0955 e. The molecule has 10 heavy (non-hydrogen) atoms. The van der Waals surface area contributed by atoms with Crippen molar-refractivity contribution in [2.24, 2.45) is 5.92 Å². The average Bonchev–Trinajstić information content (AvgIpc) is 2.59. The van der Waals surface area contributed by atoms with Gasteiger partial charge in [0.2, 0.25) is 0 Å². The van der Waals surface area contributed by atoms with Crippen molar-refractivity contribution in [3.8, 4) is 0 Å². The van der Waals surface area contributed by atoms with Gasteiger partial charge in [-0.05, 0) is 6.08 Å². The lowest BCUT2D eigenvalue weighted by Gasteiger charge is -2.13. The average molecular weight is 137 g/mol. The molecule has 0 aromatic heterocycles. The molecule has 0 saturated carbocycles. The second kappa shape index (κ2) is 2.46. The third kappa shape index (κ3) is 0.948. The Hall–Kier alpha value is -0.760. The lowest BCUT2D eigenvalue weighted by molar-refractivity contribution is 0.238. The Morgan fingerprint density at radius 2 is 2.40 bits per heavy atom. The topological polar surface area (TPSA) is 21.3 Å². The minimum Gasteiger partial charge on any atom is -0.501 e. The van der Waals surface area contributed by atoms with Crippen LogP contribution in [0.3, 0.4) is 0 Å². The van der Waals surface area contributed by atoms with Gasteiger partial charge in [-0.2, -0.15) is 0 Å². The van der Waals surface area contributed by atoms with Crippen LogP contribution in [0.2, 0.25) is 0 Å². The second-order valence-electron chi connectivity index (χ2n) is 2.69. The Morgan fingerprint density at radius 3 is 3.00 bits per heavy atom. The zero-order valence-corrected chi connectivity index (χ0v) is 5.79. The Bertz CT molecular complexity index is 154. The Balaban J connectivity index is 1.98. The van der Waals surface area contributed by atoms with Crippen molar-refractivity contribution in [2.45, 2.75) is 6.04 Å². The third-order valence-electron chi connectivity index (χ3n) is 1.99. The Labute approximate surface area is 60.6 Å². The van der Waals surface area contributed by atoms with E-state index >= 15 is 0 Å². The minimum absolute atomic E-state index is 0.513. The highest BCUT2D eigenvalue weighted by atomic mass is 16.5. The molecule has 0 aliphatic carbocycles. The number of rotatable bonds is 1. The summed E-state index contributed by atoms with van der Waals surface area (Å²) < 4.78 is 5.12. The van der Waals surface area contributed by atoms with Crippen molar-refractivity contribution >= 4 is 0 Å². The van der Waals surface area contributed by atoms with Crippen molar-refractivity contribution in [1.82, 2.24) is 5.32 Å². The van der Waals surface area contributed by atoms with Crippen molar-refractivity contribution in [3.63, 3.8) is 0 Å². The molecule has 2 heteroatoms. The molecule has 0 spiro atoms. The summed E-state index contributed by atoms with van der Waals surface area (Å²) in [5.41, 5.74) is 0. The smallest absolute Gasteiger partial charge is 0.0955 e. The molecule has 0 fully saturated rings. The summed E-state index contributed by atoms with van der Waals surface area (Å²) in [6.07, 6.45) is 8.28. The van der Waals surface area contributed by atoms with Crippen molar-refractivity contribution in [2.75, 3.05) is 13.2 Å². The summed E-state index contributed by atoms with van der Waals surface area (Å²) in [6, 6.07) is 0.513. The quantitative estimate of drug-likeness (QED) is 0.536. The van der Waals surface area contributed by atoms with Crippen LogP contribution in [0.1, 0.15) is 0 Å². The van der Waals surface area contributed by atoms with Crippen molar-refractivity contribution in [1.29, 1.82) is 0 Å². The summed E-state index contributed by atoms with van der Waals surface area (Å²) in [5, 5.41) is 3.36. The first-order chi connectivity index (χ1) is 4.97. The molecule has 2 atom stereocenters. The van der Waals surface area contributed by atoms with Gasteiger partial charge in [0.05, 0.1) is 12.9 Å². The lowest BCUT2D eigenvalue weighted by Crippen LogP contribution is -2.30. The summed E-state index contributed by atoms with van der Waals surface area (Å²) in [6.45, 7) is 1.84. The predicted octanol–water partition coefficient (Wildman–Crippen LogP) is 0.674. The molecule has 2 aliphatic heterocycles. The van der Waals surface area contributed by atoms with Gasteiger partial charge in [-0.3, -0.25) is 0 Å². The summed E-state index contributed by atoms with van der Waals surface area (Å²) in [5.74, 6) is 0.554. The highest BCUT2D eigenvalue weighted by Crippen LogP contribution is 2.15. The maximum absolute atomic E-state index is 5.12. The van der Waals surface area contributed by atoms with Gasteiger partial charge in [-0.1, -0.05) is 12.2 Å². The Morgan fingerprint density at radius 1 is 1.40 bits per heavy atom. The van der Waals surface area contributed by atoms with Gasteiger partial charge in [-0.25, -0.2) is 0 Å². The van der Waals surface area contributed by atoms with Crippen molar-refractivity contribution < 1.29 is 4.74 Å². The van der Waals surface area contributed by atoms with E-state index in [2.05, 4.69) is 23.5 Å². The number of ether oxygens (including phenoxy) is 1. The van der Waals surface area contributed by atoms with Crippen LogP contribution in [0, 0.1) is 5.92 Å².